The van der Waals surface area contributed by atoms with Gasteiger partial charge in [0.05, 0.1) is 5.71 Å². The van der Waals surface area contributed by atoms with Crippen LogP contribution in [0, 0.1) is 46.3 Å². The van der Waals surface area contributed by atoms with Crippen molar-refractivity contribution in [2.75, 3.05) is 7.11 Å². The molecule has 0 amide bonds. The van der Waals surface area contributed by atoms with Gasteiger partial charge in [0.1, 0.15) is 7.11 Å². The maximum absolute atomic E-state index is 5.09. The summed E-state index contributed by atoms with van der Waals surface area (Å²) in [5, 5.41) is 4.28. The van der Waals surface area contributed by atoms with E-state index >= 15 is 0 Å². The van der Waals surface area contributed by atoms with Gasteiger partial charge < -0.3 is 4.84 Å². The van der Waals surface area contributed by atoms with Crippen LogP contribution in [-0.2, 0) is 4.84 Å². The standard InChI is InChI=1S/C28H47NO/c1-19(2)8-7-9-20(3)24-12-13-25-23-11-10-21-18-22(29-30-6)14-16-27(21,4)26(23)15-17-28(24,25)5/h18-20,23-26H,7-17H2,1-6H3/t20?,23?,24-,25?,26?,27+,28-/m1/s1. The lowest BCUT2D eigenvalue weighted by molar-refractivity contribution is -0.0574. The number of oxime groups is 1. The van der Waals surface area contributed by atoms with Crippen LogP contribution in [0.4, 0.5) is 0 Å². The van der Waals surface area contributed by atoms with Gasteiger partial charge in [0.15, 0.2) is 0 Å². The van der Waals surface area contributed by atoms with E-state index in [1.807, 2.05) is 0 Å². The van der Waals surface area contributed by atoms with Gasteiger partial charge in [-0.15, -0.1) is 0 Å². The maximum Gasteiger partial charge on any atom is 0.106 e. The quantitative estimate of drug-likeness (QED) is 0.404. The molecule has 0 bridgehead atoms. The Bertz CT molecular complexity index is 678. The van der Waals surface area contributed by atoms with E-state index in [-0.39, 0.29) is 0 Å². The molecular weight excluding hydrogens is 366 g/mol. The zero-order chi connectivity index (χ0) is 21.5. The molecule has 0 spiro atoms. The van der Waals surface area contributed by atoms with Crippen molar-refractivity contribution in [3.05, 3.63) is 11.6 Å². The van der Waals surface area contributed by atoms with Crippen LogP contribution >= 0.6 is 0 Å². The summed E-state index contributed by atoms with van der Waals surface area (Å²) in [6, 6.07) is 0. The van der Waals surface area contributed by atoms with Crippen molar-refractivity contribution in [2.45, 2.75) is 105 Å². The molecule has 4 rings (SSSR count). The number of hydrogen-bond acceptors (Lipinski definition) is 2. The van der Waals surface area contributed by atoms with Crippen molar-refractivity contribution in [1.82, 2.24) is 0 Å². The SMILES string of the molecule is CON=C1C=C2CCC3C(CC[C@@]4(C)C3CC[C@@H]4C(C)CCCC(C)C)[C@@]2(C)CC1. The number of rotatable bonds is 6. The van der Waals surface area contributed by atoms with Crippen molar-refractivity contribution >= 4 is 5.71 Å². The Morgan fingerprint density at radius 3 is 2.53 bits per heavy atom. The van der Waals surface area contributed by atoms with E-state index in [1.165, 1.54) is 69.9 Å². The van der Waals surface area contributed by atoms with Gasteiger partial charge in [-0.1, -0.05) is 64.6 Å². The van der Waals surface area contributed by atoms with Crippen LogP contribution in [0.5, 0.6) is 0 Å². The summed E-state index contributed by atoms with van der Waals surface area (Å²) >= 11 is 0. The highest BCUT2D eigenvalue weighted by molar-refractivity contribution is 5.96. The van der Waals surface area contributed by atoms with E-state index < -0.39 is 0 Å². The Labute approximate surface area is 186 Å². The lowest BCUT2D eigenvalue weighted by Gasteiger charge is -2.58. The molecule has 2 nitrogen and oxygen atoms in total. The fourth-order valence-electron chi connectivity index (χ4n) is 8.78. The average Bonchev–Trinajstić information content (AvgIpc) is 3.05. The molecule has 7 atom stereocenters. The normalized spacial score (nSPS) is 43.0. The summed E-state index contributed by atoms with van der Waals surface area (Å²) in [7, 11) is 1.68. The van der Waals surface area contributed by atoms with Gasteiger partial charge in [0.2, 0.25) is 0 Å². The van der Waals surface area contributed by atoms with E-state index in [0.29, 0.717) is 10.8 Å². The average molecular weight is 414 g/mol. The first kappa shape index (κ1) is 22.4. The summed E-state index contributed by atoms with van der Waals surface area (Å²) < 4.78 is 0. The molecule has 0 saturated heterocycles. The molecule has 0 aliphatic heterocycles. The Morgan fingerprint density at radius 2 is 1.80 bits per heavy atom. The molecule has 4 aliphatic carbocycles. The van der Waals surface area contributed by atoms with E-state index in [9.17, 15) is 0 Å². The minimum atomic E-state index is 0.415. The summed E-state index contributed by atoms with van der Waals surface area (Å²) in [5.74, 6) is 5.56. The summed E-state index contributed by atoms with van der Waals surface area (Å²) in [6.07, 6.45) is 17.7. The summed E-state index contributed by atoms with van der Waals surface area (Å²) in [5.41, 5.74) is 3.87. The van der Waals surface area contributed by atoms with Crippen LogP contribution in [0.2, 0.25) is 0 Å². The number of hydrogen-bond donors (Lipinski definition) is 0. The second kappa shape index (κ2) is 8.62. The summed E-state index contributed by atoms with van der Waals surface area (Å²) in [6.45, 7) is 12.7. The highest BCUT2D eigenvalue weighted by Gasteiger charge is 2.59. The molecule has 30 heavy (non-hydrogen) atoms. The molecule has 0 radical (unpaired) electrons. The summed E-state index contributed by atoms with van der Waals surface area (Å²) in [4.78, 5) is 5.09. The first-order valence-electron chi connectivity index (χ1n) is 13.1. The maximum atomic E-state index is 5.09. The number of nitrogens with zero attached hydrogens (tertiary/aromatic N) is 1. The number of allylic oxidation sites excluding steroid dienone is 2. The minimum absolute atomic E-state index is 0.415. The van der Waals surface area contributed by atoms with E-state index in [4.69, 9.17) is 4.84 Å². The van der Waals surface area contributed by atoms with Crippen molar-refractivity contribution in [1.29, 1.82) is 0 Å². The van der Waals surface area contributed by atoms with Crippen molar-refractivity contribution in [3.8, 4) is 0 Å². The largest absolute Gasteiger partial charge is 0.399 e. The number of fused-ring (bicyclic) bond motifs is 5. The third kappa shape index (κ3) is 3.79. The van der Waals surface area contributed by atoms with Crippen LogP contribution in [0.3, 0.4) is 0 Å². The third-order valence-corrected chi connectivity index (χ3v) is 10.4. The van der Waals surface area contributed by atoms with Crippen molar-refractivity contribution < 1.29 is 4.84 Å². The molecule has 0 aromatic rings. The molecule has 3 fully saturated rings. The van der Waals surface area contributed by atoms with Crippen molar-refractivity contribution in [3.63, 3.8) is 0 Å². The van der Waals surface area contributed by atoms with Gasteiger partial charge >= 0.3 is 0 Å². The molecular formula is C28H47NO. The molecule has 4 aliphatic rings. The van der Waals surface area contributed by atoms with E-state index in [0.717, 1.165) is 41.9 Å². The van der Waals surface area contributed by atoms with Gasteiger partial charge in [-0.2, -0.15) is 0 Å². The van der Waals surface area contributed by atoms with E-state index in [2.05, 4.69) is 45.9 Å². The fraction of sp³-hybridized carbons (Fsp3) is 0.893. The van der Waals surface area contributed by atoms with Crippen LogP contribution in [0.1, 0.15) is 105 Å². The predicted octanol–water partition coefficient (Wildman–Crippen LogP) is 8.03. The molecule has 3 saturated carbocycles. The second-order valence-electron chi connectivity index (χ2n) is 12.3. The Kier molecular flexibility index (Phi) is 6.44. The Morgan fingerprint density at radius 1 is 1.00 bits per heavy atom. The van der Waals surface area contributed by atoms with Crippen LogP contribution in [0.25, 0.3) is 0 Å². The molecule has 0 aromatic carbocycles. The topological polar surface area (TPSA) is 21.6 Å². The second-order valence-corrected chi connectivity index (χ2v) is 12.3. The monoisotopic (exact) mass is 413 g/mol. The van der Waals surface area contributed by atoms with Crippen LogP contribution in [0.15, 0.2) is 16.8 Å². The van der Waals surface area contributed by atoms with Gasteiger partial charge in [0.25, 0.3) is 0 Å². The van der Waals surface area contributed by atoms with Gasteiger partial charge in [-0.05, 0) is 104 Å². The fourth-order valence-corrected chi connectivity index (χ4v) is 8.78. The lowest BCUT2D eigenvalue weighted by Crippen LogP contribution is -2.51. The third-order valence-electron chi connectivity index (χ3n) is 10.4. The van der Waals surface area contributed by atoms with Crippen LogP contribution in [-0.4, -0.2) is 12.8 Å². The van der Waals surface area contributed by atoms with Crippen LogP contribution < -0.4 is 0 Å². The molecule has 170 valence electrons. The molecule has 4 unspecified atom stereocenters. The molecule has 0 N–H and O–H groups in total. The zero-order valence-electron chi connectivity index (χ0n) is 20.7. The highest BCUT2D eigenvalue weighted by atomic mass is 16.6. The van der Waals surface area contributed by atoms with Gasteiger partial charge in [-0.3, -0.25) is 0 Å². The first-order valence-corrected chi connectivity index (χ1v) is 13.1. The molecule has 0 aromatic heterocycles. The Hall–Kier alpha value is -0.790. The lowest BCUT2D eigenvalue weighted by atomic mass is 9.46. The predicted molar refractivity (Wildman–Crippen MR) is 127 cm³/mol. The Balaban J connectivity index is 1.49. The van der Waals surface area contributed by atoms with Gasteiger partial charge in [-0.25, -0.2) is 0 Å². The van der Waals surface area contributed by atoms with Gasteiger partial charge in [0, 0.05) is 0 Å². The van der Waals surface area contributed by atoms with E-state index in [1.54, 1.807) is 12.7 Å². The minimum Gasteiger partial charge on any atom is -0.399 e. The van der Waals surface area contributed by atoms with Crippen molar-refractivity contribution in [2.24, 2.45) is 51.5 Å². The smallest absolute Gasteiger partial charge is 0.106 e. The molecule has 0 heterocycles. The first-order chi connectivity index (χ1) is 14.3. The highest BCUT2D eigenvalue weighted by Crippen LogP contribution is 2.67. The molecule has 2 heteroatoms. The zero-order valence-corrected chi connectivity index (χ0v) is 20.7.